The largest absolute Gasteiger partial charge is 0.497 e. The second kappa shape index (κ2) is 8.17. The maximum absolute atomic E-state index is 11.7. The van der Waals surface area contributed by atoms with E-state index in [1.165, 1.54) is 6.92 Å². The molecule has 146 valence electrons. The van der Waals surface area contributed by atoms with Gasteiger partial charge >= 0.3 is 0 Å². The van der Waals surface area contributed by atoms with Crippen LogP contribution in [0.1, 0.15) is 26.5 Å². The van der Waals surface area contributed by atoms with Crippen LogP contribution in [0.4, 0.5) is 0 Å². The summed E-state index contributed by atoms with van der Waals surface area (Å²) in [6, 6.07) is 17.2. The molecule has 28 heavy (non-hydrogen) atoms. The quantitative estimate of drug-likeness (QED) is 0.556. The highest BCUT2D eigenvalue weighted by Crippen LogP contribution is 2.30. The minimum absolute atomic E-state index is 0.0361. The zero-order valence-electron chi connectivity index (χ0n) is 16.4. The Hall–Kier alpha value is -2.63. The fraction of sp³-hybridized carbons (Fsp3) is 0.273. The molecule has 6 heteroatoms. The molecule has 0 spiro atoms. The van der Waals surface area contributed by atoms with E-state index in [2.05, 4.69) is 0 Å². The molecule has 3 aromatic rings. The minimum atomic E-state index is -0.871. The molecule has 0 aliphatic carbocycles. The third-order valence-corrected chi connectivity index (χ3v) is 4.95. The minimum Gasteiger partial charge on any atom is -0.497 e. The summed E-state index contributed by atoms with van der Waals surface area (Å²) in [6.45, 7) is 5.23. The number of rotatable bonds is 7. The van der Waals surface area contributed by atoms with Crippen molar-refractivity contribution in [3.05, 3.63) is 65.3 Å². The van der Waals surface area contributed by atoms with Gasteiger partial charge in [-0.25, -0.2) is 4.68 Å². The van der Waals surface area contributed by atoms with E-state index in [0.717, 1.165) is 22.7 Å². The number of ketones is 1. The Balaban J connectivity index is 2.05. The summed E-state index contributed by atoms with van der Waals surface area (Å²) >= 11 is 6.42. The van der Waals surface area contributed by atoms with Gasteiger partial charge in [0, 0.05) is 5.56 Å². The summed E-state index contributed by atoms with van der Waals surface area (Å²) < 4.78 is 13.0. The molecule has 0 atom stereocenters. The highest BCUT2D eigenvalue weighted by Gasteiger charge is 2.25. The van der Waals surface area contributed by atoms with Crippen LogP contribution in [0.25, 0.3) is 16.9 Å². The van der Waals surface area contributed by atoms with Gasteiger partial charge in [-0.15, -0.1) is 0 Å². The predicted octanol–water partition coefficient (Wildman–Crippen LogP) is 5.09. The maximum Gasteiger partial charge on any atom is 0.161 e. The number of methoxy groups -OCH3 is 1. The highest BCUT2D eigenvalue weighted by atomic mass is 35.5. The second-order valence-corrected chi connectivity index (χ2v) is 7.38. The number of hydrogen-bond donors (Lipinski definition) is 0. The van der Waals surface area contributed by atoms with Crippen LogP contribution in [0.15, 0.2) is 54.6 Å². The van der Waals surface area contributed by atoms with Crippen molar-refractivity contribution in [2.45, 2.75) is 33.0 Å². The van der Waals surface area contributed by atoms with Crippen molar-refractivity contribution >= 4 is 17.4 Å². The van der Waals surface area contributed by atoms with Gasteiger partial charge < -0.3 is 9.47 Å². The van der Waals surface area contributed by atoms with E-state index in [0.29, 0.717) is 10.7 Å². The lowest BCUT2D eigenvalue weighted by atomic mass is 10.1. The second-order valence-electron chi connectivity index (χ2n) is 6.97. The van der Waals surface area contributed by atoms with Crippen LogP contribution in [0.2, 0.25) is 5.02 Å². The number of nitrogens with zero attached hydrogens (tertiary/aromatic N) is 2. The van der Waals surface area contributed by atoms with Crippen LogP contribution in [0, 0.1) is 0 Å². The summed E-state index contributed by atoms with van der Waals surface area (Å²) in [5, 5.41) is 5.28. The van der Waals surface area contributed by atoms with Gasteiger partial charge in [-0.1, -0.05) is 35.9 Å². The van der Waals surface area contributed by atoms with Crippen LogP contribution in [-0.4, -0.2) is 28.3 Å². The predicted molar refractivity (Wildman–Crippen MR) is 110 cm³/mol. The van der Waals surface area contributed by atoms with Crippen LogP contribution in [0.3, 0.4) is 0 Å². The van der Waals surface area contributed by atoms with E-state index in [-0.39, 0.29) is 12.4 Å². The number of ether oxygens (including phenoxy) is 2. The maximum atomic E-state index is 11.7. The van der Waals surface area contributed by atoms with Crippen molar-refractivity contribution in [3.8, 4) is 22.7 Å². The number of hydrogen-bond acceptors (Lipinski definition) is 4. The van der Waals surface area contributed by atoms with Crippen molar-refractivity contribution in [2.75, 3.05) is 7.11 Å². The number of aromatic nitrogens is 2. The Morgan fingerprint density at radius 2 is 1.89 bits per heavy atom. The number of carbonyl (C=O) groups is 1. The molecular formula is C22H23ClN2O3. The molecule has 2 aromatic carbocycles. The Labute approximate surface area is 169 Å². The van der Waals surface area contributed by atoms with Crippen molar-refractivity contribution in [1.82, 2.24) is 9.78 Å². The van der Waals surface area contributed by atoms with Gasteiger partial charge in [-0.05, 0) is 51.1 Å². The fourth-order valence-electron chi connectivity index (χ4n) is 2.65. The summed E-state index contributed by atoms with van der Waals surface area (Å²) in [4.78, 5) is 11.7. The van der Waals surface area contributed by atoms with E-state index in [9.17, 15) is 4.79 Å². The molecule has 0 aliphatic heterocycles. The number of Topliss-reactive ketones (excluding diaryl/α,β-unsaturated/α-hetero) is 1. The van der Waals surface area contributed by atoms with Crippen LogP contribution in [0.5, 0.6) is 5.75 Å². The van der Waals surface area contributed by atoms with Crippen LogP contribution < -0.4 is 4.74 Å². The zero-order valence-corrected chi connectivity index (χ0v) is 17.2. The molecule has 0 unspecified atom stereocenters. The molecule has 0 amide bonds. The summed E-state index contributed by atoms with van der Waals surface area (Å²) in [6.07, 6.45) is 0. The molecule has 3 rings (SSSR count). The Morgan fingerprint density at radius 3 is 2.57 bits per heavy atom. The first-order chi connectivity index (χ1) is 13.3. The Morgan fingerprint density at radius 1 is 1.14 bits per heavy atom. The van der Waals surface area contributed by atoms with E-state index in [1.807, 2.05) is 54.6 Å². The SMILES string of the molecule is COc1cccc(-c2cc(COC(C)(C)C(C)=O)nn2-c2ccccc2Cl)c1. The van der Waals surface area contributed by atoms with Gasteiger partial charge in [0.05, 0.1) is 35.8 Å². The smallest absolute Gasteiger partial charge is 0.161 e. The molecule has 0 fully saturated rings. The molecule has 0 saturated carbocycles. The Kier molecular flexibility index (Phi) is 5.87. The number of benzene rings is 2. The average Bonchev–Trinajstić information content (AvgIpc) is 3.11. The van der Waals surface area contributed by atoms with Gasteiger partial charge in [0.25, 0.3) is 0 Å². The molecule has 0 N–H and O–H groups in total. The lowest BCUT2D eigenvalue weighted by Crippen LogP contribution is -2.32. The number of para-hydroxylation sites is 1. The summed E-state index contributed by atoms with van der Waals surface area (Å²) in [5.74, 6) is 0.714. The van der Waals surface area contributed by atoms with Crippen molar-refractivity contribution in [3.63, 3.8) is 0 Å². The van der Waals surface area contributed by atoms with E-state index in [1.54, 1.807) is 25.6 Å². The fourth-order valence-corrected chi connectivity index (χ4v) is 2.87. The summed E-state index contributed by atoms with van der Waals surface area (Å²) in [5.41, 5.74) is 2.38. The van der Waals surface area contributed by atoms with Gasteiger partial charge in [0.15, 0.2) is 5.78 Å². The van der Waals surface area contributed by atoms with E-state index >= 15 is 0 Å². The molecule has 0 radical (unpaired) electrons. The molecule has 1 aromatic heterocycles. The molecule has 1 heterocycles. The van der Waals surface area contributed by atoms with Crippen LogP contribution in [-0.2, 0) is 16.1 Å². The van der Waals surface area contributed by atoms with Gasteiger partial charge in [0.2, 0.25) is 0 Å². The Bertz CT molecular complexity index is 995. The highest BCUT2D eigenvalue weighted by molar-refractivity contribution is 6.32. The number of halogens is 1. The first kappa shape index (κ1) is 20.1. The van der Waals surface area contributed by atoms with Gasteiger partial charge in [0.1, 0.15) is 11.4 Å². The normalized spacial score (nSPS) is 11.5. The molecule has 0 saturated heterocycles. The van der Waals surface area contributed by atoms with Crippen molar-refractivity contribution < 1.29 is 14.3 Å². The number of carbonyl (C=O) groups excluding carboxylic acids is 1. The molecular weight excluding hydrogens is 376 g/mol. The topological polar surface area (TPSA) is 53.4 Å². The molecule has 0 bridgehead atoms. The van der Waals surface area contributed by atoms with Gasteiger partial charge in [-0.3, -0.25) is 4.79 Å². The third-order valence-electron chi connectivity index (χ3n) is 4.63. The molecule has 0 aliphatic rings. The summed E-state index contributed by atoms with van der Waals surface area (Å²) in [7, 11) is 1.63. The lowest BCUT2D eigenvalue weighted by Gasteiger charge is -2.21. The standard InChI is InChI=1S/C22H23ClN2O3/c1-15(26)22(2,3)28-14-17-13-21(16-8-7-9-18(12-16)27-4)25(24-17)20-11-6-5-10-19(20)23/h5-13H,14H2,1-4H3. The van der Waals surface area contributed by atoms with Crippen molar-refractivity contribution in [2.24, 2.45) is 0 Å². The first-order valence-electron chi connectivity index (χ1n) is 8.95. The average molecular weight is 399 g/mol. The van der Waals surface area contributed by atoms with E-state index < -0.39 is 5.60 Å². The van der Waals surface area contributed by atoms with Crippen molar-refractivity contribution in [1.29, 1.82) is 0 Å². The zero-order chi connectivity index (χ0) is 20.3. The third kappa shape index (κ3) is 4.26. The van der Waals surface area contributed by atoms with Gasteiger partial charge in [-0.2, -0.15) is 5.10 Å². The molecule has 5 nitrogen and oxygen atoms in total. The van der Waals surface area contributed by atoms with E-state index in [4.69, 9.17) is 26.2 Å². The van der Waals surface area contributed by atoms with Crippen LogP contribution >= 0.6 is 11.6 Å². The lowest BCUT2D eigenvalue weighted by molar-refractivity contribution is -0.139. The monoisotopic (exact) mass is 398 g/mol. The first-order valence-corrected chi connectivity index (χ1v) is 9.33.